The number of aromatic nitrogens is 2. The van der Waals surface area contributed by atoms with Crippen LogP contribution in [-0.2, 0) is 6.42 Å². The molecule has 2 aromatic heterocycles. The summed E-state index contributed by atoms with van der Waals surface area (Å²) in [7, 11) is 0. The quantitative estimate of drug-likeness (QED) is 0.886. The molecule has 0 amide bonds. The standard InChI is InChI=1S/C13H19N3S/c1-9-8-17-12-15-10(2)11(16(9)12)7-13(3)5-4-6-14-13/h8,14H,4-7H2,1-3H3. The molecule has 3 heterocycles. The summed E-state index contributed by atoms with van der Waals surface area (Å²) >= 11 is 1.74. The largest absolute Gasteiger partial charge is 0.311 e. The van der Waals surface area contributed by atoms with Crippen LogP contribution in [0.5, 0.6) is 0 Å². The van der Waals surface area contributed by atoms with Crippen LogP contribution < -0.4 is 5.32 Å². The van der Waals surface area contributed by atoms with Crippen molar-refractivity contribution >= 4 is 16.3 Å². The van der Waals surface area contributed by atoms with E-state index in [0.29, 0.717) is 0 Å². The minimum atomic E-state index is 0.259. The van der Waals surface area contributed by atoms with Gasteiger partial charge in [0.1, 0.15) is 0 Å². The van der Waals surface area contributed by atoms with E-state index in [-0.39, 0.29) is 5.54 Å². The molecule has 1 fully saturated rings. The topological polar surface area (TPSA) is 29.3 Å². The first kappa shape index (κ1) is 11.2. The zero-order valence-corrected chi connectivity index (χ0v) is 11.5. The van der Waals surface area contributed by atoms with Gasteiger partial charge in [-0.15, -0.1) is 11.3 Å². The minimum Gasteiger partial charge on any atom is -0.311 e. The Morgan fingerprint density at radius 2 is 2.35 bits per heavy atom. The zero-order valence-electron chi connectivity index (χ0n) is 10.7. The van der Waals surface area contributed by atoms with Crippen molar-refractivity contribution in [2.24, 2.45) is 0 Å². The van der Waals surface area contributed by atoms with Crippen molar-refractivity contribution in [3.63, 3.8) is 0 Å². The predicted octanol–water partition coefficient (Wildman–Crippen LogP) is 2.70. The van der Waals surface area contributed by atoms with E-state index < -0.39 is 0 Å². The molecular formula is C13H19N3S. The van der Waals surface area contributed by atoms with Crippen LogP contribution in [0.4, 0.5) is 0 Å². The molecule has 0 saturated carbocycles. The highest BCUT2D eigenvalue weighted by Crippen LogP contribution is 2.27. The number of rotatable bonds is 2. The van der Waals surface area contributed by atoms with Crippen LogP contribution in [0.1, 0.15) is 36.8 Å². The SMILES string of the molecule is Cc1nc2scc(C)n2c1CC1(C)CCCN1. The molecule has 3 nitrogen and oxygen atoms in total. The number of fused-ring (bicyclic) bond motifs is 1. The Balaban J connectivity index is 2.04. The molecule has 92 valence electrons. The van der Waals surface area contributed by atoms with E-state index in [1.165, 1.54) is 29.9 Å². The Bertz CT molecular complexity index is 546. The first-order valence-corrected chi connectivity index (χ1v) is 7.14. The third kappa shape index (κ3) is 1.79. The second kappa shape index (κ2) is 3.82. The van der Waals surface area contributed by atoms with E-state index in [1.54, 1.807) is 11.3 Å². The molecule has 0 spiro atoms. The van der Waals surface area contributed by atoms with Gasteiger partial charge in [-0.2, -0.15) is 0 Å². The molecule has 0 radical (unpaired) electrons. The van der Waals surface area contributed by atoms with Gasteiger partial charge in [0.05, 0.1) is 5.69 Å². The van der Waals surface area contributed by atoms with Gasteiger partial charge in [0.15, 0.2) is 4.96 Å². The van der Waals surface area contributed by atoms with Crippen LogP contribution in [0.25, 0.3) is 4.96 Å². The van der Waals surface area contributed by atoms with E-state index in [9.17, 15) is 0 Å². The molecule has 3 rings (SSSR count). The highest BCUT2D eigenvalue weighted by molar-refractivity contribution is 7.15. The van der Waals surface area contributed by atoms with Crippen molar-refractivity contribution in [3.8, 4) is 0 Å². The summed E-state index contributed by atoms with van der Waals surface area (Å²) in [5.74, 6) is 0. The Morgan fingerprint density at radius 1 is 1.53 bits per heavy atom. The average molecular weight is 249 g/mol. The van der Waals surface area contributed by atoms with Crippen molar-refractivity contribution in [3.05, 3.63) is 22.5 Å². The predicted molar refractivity (Wildman–Crippen MR) is 71.9 cm³/mol. The maximum absolute atomic E-state index is 4.66. The van der Waals surface area contributed by atoms with Crippen LogP contribution in [-0.4, -0.2) is 21.5 Å². The summed E-state index contributed by atoms with van der Waals surface area (Å²) in [6.07, 6.45) is 3.64. The van der Waals surface area contributed by atoms with Crippen LogP contribution in [0.2, 0.25) is 0 Å². The molecule has 0 aliphatic carbocycles. The van der Waals surface area contributed by atoms with Crippen molar-refractivity contribution < 1.29 is 0 Å². The average Bonchev–Trinajstić information content (AvgIpc) is 2.91. The van der Waals surface area contributed by atoms with E-state index in [1.807, 2.05) is 0 Å². The maximum atomic E-state index is 4.66. The maximum Gasteiger partial charge on any atom is 0.194 e. The fourth-order valence-corrected chi connectivity index (χ4v) is 3.78. The van der Waals surface area contributed by atoms with E-state index in [2.05, 4.69) is 40.9 Å². The lowest BCUT2D eigenvalue weighted by molar-refractivity contribution is 0.406. The molecule has 1 aliphatic heterocycles. The van der Waals surface area contributed by atoms with E-state index in [0.717, 1.165) is 17.9 Å². The van der Waals surface area contributed by atoms with Gasteiger partial charge in [-0.3, -0.25) is 4.40 Å². The normalized spacial score (nSPS) is 24.9. The number of thiazole rings is 1. The summed E-state index contributed by atoms with van der Waals surface area (Å²) in [4.78, 5) is 5.80. The number of nitrogens with one attached hydrogen (secondary N) is 1. The van der Waals surface area contributed by atoms with Gasteiger partial charge in [0, 0.05) is 28.7 Å². The Labute approximate surface area is 106 Å². The summed E-state index contributed by atoms with van der Waals surface area (Å²) in [5, 5.41) is 5.83. The second-order valence-electron chi connectivity index (χ2n) is 5.41. The lowest BCUT2D eigenvalue weighted by atomic mass is 9.93. The van der Waals surface area contributed by atoms with Gasteiger partial charge in [-0.1, -0.05) is 0 Å². The fraction of sp³-hybridized carbons (Fsp3) is 0.615. The van der Waals surface area contributed by atoms with Crippen LogP contribution in [0.15, 0.2) is 5.38 Å². The third-order valence-electron chi connectivity index (χ3n) is 3.84. The van der Waals surface area contributed by atoms with Crippen LogP contribution in [0, 0.1) is 13.8 Å². The third-order valence-corrected chi connectivity index (χ3v) is 4.79. The summed E-state index contributed by atoms with van der Waals surface area (Å²) in [5.41, 5.74) is 4.14. The summed E-state index contributed by atoms with van der Waals surface area (Å²) < 4.78 is 2.32. The first-order chi connectivity index (χ1) is 8.09. The number of aryl methyl sites for hydroxylation is 2. The highest BCUT2D eigenvalue weighted by atomic mass is 32.1. The molecule has 17 heavy (non-hydrogen) atoms. The lowest BCUT2D eigenvalue weighted by Gasteiger charge is -2.24. The van der Waals surface area contributed by atoms with Gasteiger partial charge in [-0.25, -0.2) is 4.98 Å². The fourth-order valence-electron chi connectivity index (χ4n) is 2.85. The molecule has 0 aromatic carbocycles. The van der Waals surface area contributed by atoms with Crippen molar-refractivity contribution in [2.75, 3.05) is 6.54 Å². The monoisotopic (exact) mass is 249 g/mol. The Kier molecular flexibility index (Phi) is 2.52. The van der Waals surface area contributed by atoms with Crippen molar-refractivity contribution in [2.45, 2.75) is 45.6 Å². The molecule has 2 aromatic rings. The highest BCUT2D eigenvalue weighted by Gasteiger charge is 2.30. The molecule has 1 saturated heterocycles. The summed E-state index contributed by atoms with van der Waals surface area (Å²) in [6, 6.07) is 0. The van der Waals surface area contributed by atoms with Gasteiger partial charge >= 0.3 is 0 Å². The number of hydrogen-bond donors (Lipinski definition) is 1. The van der Waals surface area contributed by atoms with Crippen molar-refractivity contribution in [1.82, 2.24) is 14.7 Å². The number of hydrogen-bond acceptors (Lipinski definition) is 3. The molecule has 1 aliphatic rings. The second-order valence-corrected chi connectivity index (χ2v) is 6.24. The van der Waals surface area contributed by atoms with Gasteiger partial charge in [0.25, 0.3) is 0 Å². The summed E-state index contributed by atoms with van der Waals surface area (Å²) in [6.45, 7) is 7.78. The smallest absolute Gasteiger partial charge is 0.194 e. The van der Waals surface area contributed by atoms with Crippen LogP contribution >= 0.6 is 11.3 Å². The zero-order chi connectivity index (χ0) is 12.0. The minimum absolute atomic E-state index is 0.259. The van der Waals surface area contributed by atoms with Gasteiger partial charge in [-0.05, 0) is 40.2 Å². The number of nitrogens with zero attached hydrogens (tertiary/aromatic N) is 2. The molecule has 1 unspecified atom stereocenters. The van der Waals surface area contributed by atoms with E-state index >= 15 is 0 Å². The lowest BCUT2D eigenvalue weighted by Crippen LogP contribution is -2.38. The van der Waals surface area contributed by atoms with E-state index in [4.69, 9.17) is 0 Å². The molecule has 1 N–H and O–H groups in total. The molecule has 1 atom stereocenters. The molecule has 0 bridgehead atoms. The molecular weight excluding hydrogens is 230 g/mol. The Hall–Kier alpha value is -0.870. The van der Waals surface area contributed by atoms with Crippen LogP contribution in [0.3, 0.4) is 0 Å². The molecule has 4 heteroatoms. The van der Waals surface area contributed by atoms with Gasteiger partial charge in [0.2, 0.25) is 0 Å². The van der Waals surface area contributed by atoms with Gasteiger partial charge < -0.3 is 5.32 Å². The van der Waals surface area contributed by atoms with Crippen molar-refractivity contribution in [1.29, 1.82) is 0 Å². The Morgan fingerprint density at radius 3 is 3.06 bits per heavy atom. The first-order valence-electron chi connectivity index (χ1n) is 6.26. The number of imidazole rings is 1.